The van der Waals surface area contributed by atoms with Crippen molar-refractivity contribution in [3.63, 3.8) is 0 Å². The maximum Gasteiger partial charge on any atom is 0.303 e. The number of carbonyl (C=O) groups is 2. The molecular formula is C28H28N2O5S. The molecule has 0 aliphatic carbocycles. The fraction of sp³-hybridized carbons (Fsp3) is 0.250. The topological polar surface area (TPSA) is 92.9 Å². The Balaban J connectivity index is 1.44. The average Bonchev–Trinajstić information content (AvgIpc) is 3.57. The highest BCUT2D eigenvalue weighted by molar-refractivity contribution is 7.09. The number of amides is 1. The van der Waals surface area contributed by atoms with E-state index in [2.05, 4.69) is 4.98 Å². The summed E-state index contributed by atoms with van der Waals surface area (Å²) in [6, 6.07) is 18.8. The van der Waals surface area contributed by atoms with E-state index in [0.29, 0.717) is 24.3 Å². The summed E-state index contributed by atoms with van der Waals surface area (Å²) in [6.07, 6.45) is 2.09. The molecule has 4 aromatic rings. The summed E-state index contributed by atoms with van der Waals surface area (Å²) in [4.78, 5) is 30.5. The highest BCUT2D eigenvalue weighted by atomic mass is 32.1. The molecule has 0 saturated heterocycles. The minimum absolute atomic E-state index is 0.0226. The third-order valence-electron chi connectivity index (χ3n) is 5.66. The average molecular weight is 505 g/mol. The molecule has 2 aromatic carbocycles. The summed E-state index contributed by atoms with van der Waals surface area (Å²) in [6.45, 7) is 4.65. The molecule has 2 aromatic heterocycles. The van der Waals surface area contributed by atoms with Crippen LogP contribution in [0.5, 0.6) is 5.75 Å². The van der Waals surface area contributed by atoms with E-state index in [0.717, 1.165) is 27.6 Å². The zero-order chi connectivity index (χ0) is 25.5. The number of nitrogens with zero attached hydrogens (tertiary/aromatic N) is 2. The highest BCUT2D eigenvalue weighted by Crippen LogP contribution is 2.25. The van der Waals surface area contributed by atoms with Crippen molar-refractivity contribution < 1.29 is 23.8 Å². The molecule has 0 unspecified atom stereocenters. The Bertz CT molecular complexity index is 1300. The van der Waals surface area contributed by atoms with Gasteiger partial charge in [0.1, 0.15) is 18.1 Å². The van der Waals surface area contributed by atoms with Crippen molar-refractivity contribution in [3.05, 3.63) is 94.1 Å². The molecule has 0 saturated carbocycles. The molecule has 1 N–H and O–H groups in total. The van der Waals surface area contributed by atoms with Crippen LogP contribution < -0.4 is 4.74 Å². The lowest BCUT2D eigenvalue weighted by Gasteiger charge is -2.28. The van der Waals surface area contributed by atoms with E-state index in [1.54, 1.807) is 6.26 Å². The largest absolute Gasteiger partial charge is 0.487 e. The minimum Gasteiger partial charge on any atom is -0.487 e. The van der Waals surface area contributed by atoms with Crippen molar-refractivity contribution in [2.75, 3.05) is 0 Å². The summed E-state index contributed by atoms with van der Waals surface area (Å²) in [5.41, 5.74) is 3.17. The SMILES string of the molecule is CC(C)N(Cc1ccccc1OCc1csc(CCC(=O)O)n1)C(=O)c1ccc(-c2ccco2)cc1. The number of carboxylic acids is 1. The van der Waals surface area contributed by atoms with E-state index in [9.17, 15) is 9.59 Å². The molecule has 186 valence electrons. The van der Waals surface area contributed by atoms with Gasteiger partial charge in [0.2, 0.25) is 0 Å². The number of hydrogen-bond donors (Lipinski definition) is 1. The third kappa shape index (κ3) is 6.40. The van der Waals surface area contributed by atoms with Crippen molar-refractivity contribution in [2.45, 2.75) is 45.9 Å². The van der Waals surface area contributed by atoms with Gasteiger partial charge in [0, 0.05) is 41.1 Å². The molecule has 2 heterocycles. The van der Waals surface area contributed by atoms with Crippen LogP contribution in [0.15, 0.2) is 76.7 Å². The molecule has 0 aliphatic heterocycles. The van der Waals surface area contributed by atoms with Gasteiger partial charge in [-0.05, 0) is 44.2 Å². The fourth-order valence-corrected chi connectivity index (χ4v) is 4.51. The van der Waals surface area contributed by atoms with Crippen molar-refractivity contribution in [3.8, 4) is 17.1 Å². The smallest absolute Gasteiger partial charge is 0.303 e. The molecule has 36 heavy (non-hydrogen) atoms. The Hall–Kier alpha value is -3.91. The first-order chi connectivity index (χ1) is 17.4. The van der Waals surface area contributed by atoms with Crippen LogP contribution in [0.1, 0.15) is 46.9 Å². The first-order valence-corrected chi connectivity index (χ1v) is 12.6. The predicted molar refractivity (Wildman–Crippen MR) is 138 cm³/mol. The van der Waals surface area contributed by atoms with Gasteiger partial charge < -0.3 is 19.2 Å². The van der Waals surface area contributed by atoms with Crippen molar-refractivity contribution >= 4 is 23.2 Å². The lowest BCUT2D eigenvalue weighted by atomic mass is 10.1. The maximum atomic E-state index is 13.4. The number of furan rings is 1. The highest BCUT2D eigenvalue weighted by Gasteiger charge is 2.21. The first-order valence-electron chi connectivity index (χ1n) is 11.7. The van der Waals surface area contributed by atoms with Crippen molar-refractivity contribution in [1.82, 2.24) is 9.88 Å². The van der Waals surface area contributed by atoms with Gasteiger partial charge in [-0.25, -0.2) is 4.98 Å². The van der Waals surface area contributed by atoms with E-state index in [1.165, 1.54) is 11.3 Å². The number of thiazole rings is 1. The van der Waals surface area contributed by atoms with Crippen LogP contribution in [0.4, 0.5) is 0 Å². The molecular weight excluding hydrogens is 476 g/mol. The summed E-state index contributed by atoms with van der Waals surface area (Å²) >= 11 is 1.43. The quantitative estimate of drug-likeness (QED) is 0.267. The van der Waals surface area contributed by atoms with Gasteiger partial charge in [-0.15, -0.1) is 11.3 Å². The van der Waals surface area contributed by atoms with E-state index < -0.39 is 5.97 Å². The Kier molecular flexibility index (Phi) is 8.17. The normalized spacial score (nSPS) is 11.0. The second-order valence-corrected chi connectivity index (χ2v) is 9.55. The summed E-state index contributed by atoms with van der Waals surface area (Å²) in [5.74, 6) is 0.544. The molecule has 0 fully saturated rings. The number of rotatable bonds is 11. The van der Waals surface area contributed by atoms with Crippen molar-refractivity contribution in [1.29, 1.82) is 0 Å². The number of carbonyl (C=O) groups excluding carboxylic acids is 1. The van der Waals surface area contributed by atoms with Crippen LogP contribution in [0.25, 0.3) is 11.3 Å². The minimum atomic E-state index is -0.838. The van der Waals surface area contributed by atoms with E-state index in [-0.39, 0.29) is 25.0 Å². The maximum absolute atomic E-state index is 13.4. The Morgan fingerprint density at radius 2 is 1.86 bits per heavy atom. The van der Waals surface area contributed by atoms with E-state index in [1.807, 2.05) is 84.8 Å². The lowest BCUT2D eigenvalue weighted by Crippen LogP contribution is -2.36. The Labute approximate surface area is 214 Å². The van der Waals surface area contributed by atoms with Gasteiger partial charge >= 0.3 is 5.97 Å². The molecule has 0 aliphatic rings. The van der Waals surface area contributed by atoms with Gasteiger partial charge in [-0.1, -0.05) is 30.3 Å². The van der Waals surface area contributed by atoms with Crippen molar-refractivity contribution in [2.24, 2.45) is 0 Å². The Morgan fingerprint density at radius 1 is 1.08 bits per heavy atom. The number of aromatic nitrogens is 1. The zero-order valence-corrected chi connectivity index (χ0v) is 21.0. The van der Waals surface area contributed by atoms with Gasteiger partial charge in [0.05, 0.1) is 23.4 Å². The number of para-hydroxylation sites is 1. The van der Waals surface area contributed by atoms with Crippen LogP contribution in [-0.4, -0.2) is 32.9 Å². The molecule has 7 nitrogen and oxygen atoms in total. The van der Waals surface area contributed by atoms with Crippen LogP contribution in [-0.2, 0) is 24.4 Å². The molecule has 0 spiro atoms. The molecule has 8 heteroatoms. The first kappa shape index (κ1) is 25.2. The predicted octanol–water partition coefficient (Wildman–Crippen LogP) is 6.05. The van der Waals surface area contributed by atoms with Crippen LogP contribution in [0.2, 0.25) is 0 Å². The molecule has 0 bridgehead atoms. The monoisotopic (exact) mass is 504 g/mol. The summed E-state index contributed by atoms with van der Waals surface area (Å²) < 4.78 is 11.5. The van der Waals surface area contributed by atoms with Gasteiger partial charge in [-0.2, -0.15) is 0 Å². The number of ether oxygens (including phenoxy) is 1. The fourth-order valence-electron chi connectivity index (χ4n) is 3.73. The summed E-state index contributed by atoms with van der Waals surface area (Å²) in [5, 5.41) is 11.5. The van der Waals surface area contributed by atoms with E-state index in [4.69, 9.17) is 14.3 Å². The lowest BCUT2D eigenvalue weighted by molar-refractivity contribution is -0.136. The van der Waals surface area contributed by atoms with Gasteiger partial charge in [-0.3, -0.25) is 9.59 Å². The molecule has 0 atom stereocenters. The van der Waals surface area contributed by atoms with Gasteiger partial charge in [0.25, 0.3) is 5.91 Å². The second kappa shape index (κ2) is 11.7. The molecule has 1 amide bonds. The van der Waals surface area contributed by atoms with Crippen LogP contribution in [0, 0.1) is 0 Å². The zero-order valence-electron chi connectivity index (χ0n) is 20.2. The third-order valence-corrected chi connectivity index (χ3v) is 6.62. The number of benzene rings is 2. The Morgan fingerprint density at radius 3 is 2.56 bits per heavy atom. The van der Waals surface area contributed by atoms with Crippen LogP contribution >= 0.6 is 11.3 Å². The van der Waals surface area contributed by atoms with Crippen LogP contribution in [0.3, 0.4) is 0 Å². The number of aryl methyl sites for hydroxylation is 1. The number of aliphatic carboxylic acids is 1. The van der Waals surface area contributed by atoms with Gasteiger partial charge in [0.15, 0.2) is 0 Å². The number of hydrogen-bond acceptors (Lipinski definition) is 6. The second-order valence-electron chi connectivity index (χ2n) is 8.60. The summed E-state index contributed by atoms with van der Waals surface area (Å²) in [7, 11) is 0. The molecule has 0 radical (unpaired) electrons. The standard InChI is InChI=1S/C28H28N2O5S/c1-19(2)30(28(33)21-11-9-20(10-12-21)24-8-5-15-34-24)16-22-6-3-4-7-25(22)35-17-23-18-36-26(29-23)13-14-27(31)32/h3-12,15,18-19H,13-14,16-17H2,1-2H3,(H,31,32). The molecule has 4 rings (SSSR count). The van der Waals surface area contributed by atoms with E-state index >= 15 is 0 Å². The number of carboxylic acid groups (broad SMARTS) is 1.